The smallest absolute Gasteiger partial charge is 0.243 e. The van der Waals surface area contributed by atoms with Crippen molar-refractivity contribution in [2.45, 2.75) is 43.1 Å². The van der Waals surface area contributed by atoms with Gasteiger partial charge in [-0.1, -0.05) is 6.07 Å². The number of aryl methyl sites for hydroxylation is 2. The van der Waals surface area contributed by atoms with Gasteiger partial charge in [-0.15, -0.1) is 0 Å². The zero-order valence-electron chi connectivity index (χ0n) is 14.0. The molecule has 2 aromatic rings. The fourth-order valence-corrected chi connectivity index (χ4v) is 5.09. The Kier molecular flexibility index (Phi) is 4.43. The van der Waals surface area contributed by atoms with Gasteiger partial charge in [0.15, 0.2) is 0 Å². The van der Waals surface area contributed by atoms with Crippen LogP contribution in [0, 0.1) is 0 Å². The molecule has 1 atom stereocenters. The first-order chi connectivity index (χ1) is 12.1. The summed E-state index contributed by atoms with van der Waals surface area (Å²) in [5, 5.41) is 0. The van der Waals surface area contributed by atoms with Gasteiger partial charge in [-0.25, -0.2) is 13.4 Å². The first kappa shape index (κ1) is 16.5. The molecule has 0 N–H and O–H groups in total. The third-order valence-electron chi connectivity index (χ3n) is 4.89. The third kappa shape index (κ3) is 3.39. The Morgan fingerprint density at radius 3 is 2.76 bits per heavy atom. The molecule has 0 amide bonds. The lowest BCUT2D eigenvalue weighted by molar-refractivity contribution is 0.206. The maximum absolute atomic E-state index is 13.0. The minimum Gasteiger partial charge on any atom is -0.472 e. The summed E-state index contributed by atoms with van der Waals surface area (Å²) in [5.74, 6) is 0.431. The maximum Gasteiger partial charge on any atom is 0.243 e. The van der Waals surface area contributed by atoms with Crippen LogP contribution >= 0.6 is 0 Å². The number of nitrogens with zero attached hydrogens (tertiary/aromatic N) is 3. The number of fused-ring (bicyclic) bond motifs is 1. The van der Waals surface area contributed by atoms with Crippen LogP contribution in [0.3, 0.4) is 0 Å². The summed E-state index contributed by atoms with van der Waals surface area (Å²) in [4.78, 5) is 8.44. The molecule has 4 rings (SSSR count). The van der Waals surface area contributed by atoms with E-state index in [9.17, 15) is 8.42 Å². The molecule has 0 bridgehead atoms. The van der Waals surface area contributed by atoms with E-state index in [1.54, 1.807) is 24.7 Å². The summed E-state index contributed by atoms with van der Waals surface area (Å²) in [6, 6.07) is 5.59. The SMILES string of the molecule is O=S(=O)(c1ccc2c(c1)CCCC2)N1CCC(Oc2cnccn2)C1. The normalized spacial score (nSPS) is 21.0. The van der Waals surface area contributed by atoms with Gasteiger partial charge in [-0.05, 0) is 55.4 Å². The Balaban J connectivity index is 1.49. The van der Waals surface area contributed by atoms with Crippen LogP contribution in [-0.4, -0.2) is 41.9 Å². The van der Waals surface area contributed by atoms with Crippen molar-refractivity contribution in [1.29, 1.82) is 0 Å². The van der Waals surface area contributed by atoms with Crippen molar-refractivity contribution in [1.82, 2.24) is 14.3 Å². The number of ether oxygens (including phenoxy) is 1. The van der Waals surface area contributed by atoms with Crippen molar-refractivity contribution < 1.29 is 13.2 Å². The predicted molar refractivity (Wildman–Crippen MR) is 92.9 cm³/mol. The lowest BCUT2D eigenvalue weighted by atomic mass is 9.92. The molecule has 2 aliphatic rings. The monoisotopic (exact) mass is 359 g/mol. The zero-order valence-corrected chi connectivity index (χ0v) is 14.8. The van der Waals surface area contributed by atoms with Gasteiger partial charge < -0.3 is 4.74 Å². The number of hydrogen-bond donors (Lipinski definition) is 0. The van der Waals surface area contributed by atoms with Gasteiger partial charge in [0.05, 0.1) is 17.6 Å². The predicted octanol–water partition coefficient (Wildman–Crippen LogP) is 2.20. The molecular weight excluding hydrogens is 338 g/mol. The molecule has 1 aliphatic heterocycles. The minimum atomic E-state index is -3.48. The van der Waals surface area contributed by atoms with E-state index in [2.05, 4.69) is 9.97 Å². The standard InChI is InChI=1S/C18H21N3O3S/c22-25(23,17-6-5-14-3-1-2-4-15(14)11-17)21-10-7-16(13-21)24-18-12-19-8-9-20-18/h5-6,8-9,11-12,16H,1-4,7,10,13H2. The second kappa shape index (κ2) is 6.72. The van der Waals surface area contributed by atoms with E-state index in [1.807, 2.05) is 12.1 Å². The minimum absolute atomic E-state index is 0.191. The molecule has 25 heavy (non-hydrogen) atoms. The molecule has 1 fully saturated rings. The van der Waals surface area contributed by atoms with Gasteiger partial charge in [-0.2, -0.15) is 4.31 Å². The summed E-state index contributed by atoms with van der Waals surface area (Å²) in [6.07, 6.45) is 9.48. The van der Waals surface area contributed by atoms with E-state index in [4.69, 9.17) is 4.74 Å². The van der Waals surface area contributed by atoms with E-state index < -0.39 is 10.0 Å². The summed E-state index contributed by atoms with van der Waals surface area (Å²) in [6.45, 7) is 0.806. The second-order valence-corrected chi connectivity index (χ2v) is 8.51. The van der Waals surface area contributed by atoms with E-state index in [0.29, 0.717) is 30.3 Å². The third-order valence-corrected chi connectivity index (χ3v) is 6.75. The van der Waals surface area contributed by atoms with Crippen LogP contribution < -0.4 is 4.74 Å². The molecule has 1 aromatic carbocycles. The lowest BCUT2D eigenvalue weighted by Gasteiger charge is -2.20. The van der Waals surface area contributed by atoms with Crippen molar-refractivity contribution in [2.24, 2.45) is 0 Å². The Bertz CT molecular complexity index is 855. The molecule has 0 saturated carbocycles. The van der Waals surface area contributed by atoms with Gasteiger partial charge in [0.2, 0.25) is 15.9 Å². The highest BCUT2D eigenvalue weighted by atomic mass is 32.2. The van der Waals surface area contributed by atoms with Gasteiger partial charge >= 0.3 is 0 Å². The maximum atomic E-state index is 13.0. The van der Waals surface area contributed by atoms with Crippen molar-refractivity contribution >= 4 is 10.0 Å². The number of rotatable bonds is 4. The molecule has 7 heteroatoms. The average molecular weight is 359 g/mol. The average Bonchev–Trinajstić information content (AvgIpc) is 3.11. The van der Waals surface area contributed by atoms with Gasteiger partial charge in [0.25, 0.3) is 0 Å². The Hall–Kier alpha value is -1.99. The molecule has 1 aliphatic carbocycles. The molecule has 0 spiro atoms. The zero-order chi connectivity index (χ0) is 17.3. The van der Waals surface area contributed by atoms with Crippen LogP contribution in [-0.2, 0) is 22.9 Å². The highest BCUT2D eigenvalue weighted by Crippen LogP contribution is 2.28. The summed E-state index contributed by atoms with van der Waals surface area (Å²) in [5.41, 5.74) is 2.47. The van der Waals surface area contributed by atoms with Gasteiger partial charge in [-0.3, -0.25) is 4.98 Å². The molecule has 132 valence electrons. The first-order valence-corrected chi connectivity index (χ1v) is 10.1. The summed E-state index contributed by atoms with van der Waals surface area (Å²) >= 11 is 0. The van der Waals surface area contributed by atoms with Crippen LogP contribution in [0.2, 0.25) is 0 Å². The largest absolute Gasteiger partial charge is 0.472 e. The molecule has 1 saturated heterocycles. The van der Waals surface area contributed by atoms with Crippen molar-refractivity contribution in [3.8, 4) is 5.88 Å². The molecule has 1 unspecified atom stereocenters. The molecule has 6 nitrogen and oxygen atoms in total. The topological polar surface area (TPSA) is 72.4 Å². The first-order valence-electron chi connectivity index (χ1n) is 8.67. The Morgan fingerprint density at radius 1 is 1.12 bits per heavy atom. The second-order valence-electron chi connectivity index (χ2n) is 6.57. The number of benzene rings is 1. The highest BCUT2D eigenvalue weighted by Gasteiger charge is 2.34. The fourth-order valence-electron chi connectivity index (χ4n) is 3.55. The molecule has 2 heterocycles. The van der Waals surface area contributed by atoms with Crippen LogP contribution in [0.4, 0.5) is 0 Å². The van der Waals surface area contributed by atoms with E-state index in [1.165, 1.54) is 21.9 Å². The van der Waals surface area contributed by atoms with Crippen LogP contribution in [0.1, 0.15) is 30.4 Å². The Labute approximate surface area is 147 Å². The lowest BCUT2D eigenvalue weighted by Crippen LogP contribution is -2.31. The van der Waals surface area contributed by atoms with Crippen LogP contribution in [0.15, 0.2) is 41.7 Å². The number of hydrogen-bond acceptors (Lipinski definition) is 5. The molecule has 1 aromatic heterocycles. The van der Waals surface area contributed by atoms with E-state index in [0.717, 1.165) is 19.3 Å². The van der Waals surface area contributed by atoms with Crippen molar-refractivity contribution in [3.63, 3.8) is 0 Å². The highest BCUT2D eigenvalue weighted by molar-refractivity contribution is 7.89. The van der Waals surface area contributed by atoms with Crippen molar-refractivity contribution in [3.05, 3.63) is 47.9 Å². The van der Waals surface area contributed by atoms with Crippen LogP contribution in [0.5, 0.6) is 5.88 Å². The molecular formula is C18H21N3O3S. The molecule has 0 radical (unpaired) electrons. The summed E-state index contributed by atoms with van der Waals surface area (Å²) in [7, 11) is -3.48. The summed E-state index contributed by atoms with van der Waals surface area (Å²) < 4.78 is 33.2. The van der Waals surface area contributed by atoms with E-state index >= 15 is 0 Å². The number of sulfonamides is 1. The quantitative estimate of drug-likeness (QED) is 0.837. The van der Waals surface area contributed by atoms with Gasteiger partial charge in [0.1, 0.15) is 6.10 Å². The van der Waals surface area contributed by atoms with Gasteiger partial charge in [0, 0.05) is 18.9 Å². The van der Waals surface area contributed by atoms with Crippen LogP contribution in [0.25, 0.3) is 0 Å². The number of aromatic nitrogens is 2. The van der Waals surface area contributed by atoms with Crippen molar-refractivity contribution in [2.75, 3.05) is 13.1 Å². The fraction of sp³-hybridized carbons (Fsp3) is 0.444. The van der Waals surface area contributed by atoms with E-state index in [-0.39, 0.29) is 6.10 Å². The Morgan fingerprint density at radius 2 is 1.96 bits per heavy atom.